The second-order valence-electron chi connectivity index (χ2n) is 7.94. The first-order valence-corrected chi connectivity index (χ1v) is 10.6. The number of benzene rings is 1. The number of quaternary nitrogens is 1. The summed E-state index contributed by atoms with van der Waals surface area (Å²) in [6.45, 7) is 3.73. The third kappa shape index (κ3) is 5.11. The van der Waals surface area contributed by atoms with Crippen LogP contribution in [0.15, 0.2) is 54.4 Å². The van der Waals surface area contributed by atoms with Gasteiger partial charge >= 0.3 is 0 Å². The molecule has 1 aliphatic rings. The molecule has 1 aromatic heterocycles. The summed E-state index contributed by atoms with van der Waals surface area (Å²) in [6.07, 6.45) is 5.19. The maximum Gasteiger partial charge on any atom is 0.295 e. The lowest BCUT2D eigenvalue weighted by Gasteiger charge is -2.27. The van der Waals surface area contributed by atoms with Crippen LogP contribution in [0.1, 0.15) is 36.9 Å². The Morgan fingerprint density at radius 1 is 1.13 bits per heavy atom. The molecular weight excluding hydrogens is 394 g/mol. The Bertz CT molecular complexity index is 939. The molecule has 1 N–H and O–H groups in total. The Morgan fingerprint density at radius 2 is 1.81 bits per heavy atom. The van der Waals surface area contributed by atoms with E-state index in [0.717, 1.165) is 17.7 Å². The largest absolute Gasteiger partial charge is 0.872 e. The van der Waals surface area contributed by atoms with Crippen LogP contribution in [0, 0.1) is 0 Å². The minimum Gasteiger partial charge on any atom is -0.872 e. The van der Waals surface area contributed by atoms with Gasteiger partial charge in [-0.25, -0.2) is 0 Å². The lowest BCUT2D eigenvalue weighted by Crippen LogP contribution is -3.06. The standard InChI is InChI=1S/C24H29N3O4/c1-4-5-16-31-19-8-6-18(7-9-19)22(28)20-21(17-10-12-25-13-11-17)27(15-14-26(2)3)24(30)23(20)29/h6-13,21,28H,4-5,14-16H2,1-3H3/b22-20+. The molecule has 2 aromatic rings. The highest BCUT2D eigenvalue weighted by atomic mass is 16.5. The molecule has 164 valence electrons. The number of amides is 1. The summed E-state index contributed by atoms with van der Waals surface area (Å²) in [4.78, 5) is 32.4. The van der Waals surface area contributed by atoms with Gasteiger partial charge in [0.1, 0.15) is 5.75 Å². The van der Waals surface area contributed by atoms with E-state index in [9.17, 15) is 14.7 Å². The molecule has 7 nitrogen and oxygen atoms in total. The summed E-state index contributed by atoms with van der Waals surface area (Å²) < 4.78 is 5.65. The highest BCUT2D eigenvalue weighted by Gasteiger charge is 2.44. The van der Waals surface area contributed by atoms with Crippen LogP contribution < -0.4 is 14.7 Å². The number of Topliss-reactive ketones (excluding diaryl/α,β-unsaturated/α-hetero) is 1. The third-order valence-electron chi connectivity index (χ3n) is 5.29. The number of aromatic nitrogens is 1. The lowest BCUT2D eigenvalue weighted by molar-refractivity contribution is -0.857. The van der Waals surface area contributed by atoms with E-state index in [1.54, 1.807) is 48.8 Å². The zero-order valence-corrected chi connectivity index (χ0v) is 18.3. The van der Waals surface area contributed by atoms with Gasteiger partial charge in [-0.2, -0.15) is 0 Å². The zero-order valence-electron chi connectivity index (χ0n) is 18.3. The number of hydrogen-bond acceptors (Lipinski definition) is 5. The van der Waals surface area contributed by atoms with Gasteiger partial charge in [0.05, 0.1) is 39.8 Å². The Balaban J connectivity index is 1.98. The van der Waals surface area contributed by atoms with Crippen LogP contribution in [-0.4, -0.2) is 55.4 Å². The van der Waals surface area contributed by atoms with Crippen LogP contribution in [0.5, 0.6) is 5.75 Å². The van der Waals surface area contributed by atoms with Crippen molar-refractivity contribution >= 4 is 17.4 Å². The van der Waals surface area contributed by atoms with Crippen LogP contribution in [0.25, 0.3) is 5.76 Å². The van der Waals surface area contributed by atoms with E-state index in [-0.39, 0.29) is 5.57 Å². The van der Waals surface area contributed by atoms with Crippen molar-refractivity contribution in [2.75, 3.05) is 33.8 Å². The van der Waals surface area contributed by atoms with E-state index in [0.29, 0.717) is 36.6 Å². The number of pyridine rings is 1. The van der Waals surface area contributed by atoms with Crippen molar-refractivity contribution in [1.29, 1.82) is 0 Å². The van der Waals surface area contributed by atoms with Crippen LogP contribution >= 0.6 is 0 Å². The number of unbranched alkanes of at least 4 members (excludes halogenated alkanes) is 1. The monoisotopic (exact) mass is 423 g/mol. The van der Waals surface area contributed by atoms with Crippen molar-refractivity contribution in [2.45, 2.75) is 25.8 Å². The zero-order chi connectivity index (χ0) is 22.4. The molecule has 3 rings (SSSR count). The fourth-order valence-electron chi connectivity index (χ4n) is 3.53. The summed E-state index contributed by atoms with van der Waals surface area (Å²) in [5.41, 5.74) is 1.05. The number of hydrogen-bond donors (Lipinski definition) is 1. The van der Waals surface area contributed by atoms with E-state index < -0.39 is 23.5 Å². The number of carbonyl (C=O) groups is 2. The molecule has 7 heteroatoms. The fourth-order valence-corrected chi connectivity index (χ4v) is 3.53. The van der Waals surface area contributed by atoms with Crippen molar-refractivity contribution in [3.05, 3.63) is 65.5 Å². The molecule has 0 saturated carbocycles. The van der Waals surface area contributed by atoms with Gasteiger partial charge in [-0.15, -0.1) is 0 Å². The number of ether oxygens (including phenoxy) is 1. The van der Waals surface area contributed by atoms with Gasteiger partial charge < -0.3 is 19.6 Å². The maximum absolute atomic E-state index is 13.3. The van der Waals surface area contributed by atoms with E-state index in [4.69, 9.17) is 4.74 Å². The number of rotatable bonds is 9. The summed E-state index contributed by atoms with van der Waals surface area (Å²) in [5, 5.41) is 13.3. The quantitative estimate of drug-likeness (QED) is 0.277. The van der Waals surface area contributed by atoms with Gasteiger partial charge in [-0.05, 0) is 41.8 Å². The van der Waals surface area contributed by atoms with Gasteiger partial charge in [-0.3, -0.25) is 14.6 Å². The normalized spacial score (nSPS) is 18.1. The molecule has 0 aliphatic carbocycles. The highest BCUT2D eigenvalue weighted by Crippen LogP contribution is 2.38. The number of carbonyl (C=O) groups excluding carboxylic acids is 2. The van der Waals surface area contributed by atoms with E-state index in [2.05, 4.69) is 11.9 Å². The van der Waals surface area contributed by atoms with Crippen molar-refractivity contribution < 1.29 is 24.3 Å². The van der Waals surface area contributed by atoms with Crippen molar-refractivity contribution in [1.82, 2.24) is 9.88 Å². The van der Waals surface area contributed by atoms with E-state index in [1.807, 2.05) is 14.1 Å². The number of likely N-dealkylation sites (tertiary alicyclic amines) is 1. The molecule has 0 radical (unpaired) electrons. The van der Waals surface area contributed by atoms with Gasteiger partial charge in [-0.1, -0.05) is 31.2 Å². The SMILES string of the molecule is CCCCOc1ccc(/C([O-])=C2\C(=O)C(=O)N(CC[NH+](C)C)C2c2ccncc2)cc1. The molecule has 2 heterocycles. The lowest BCUT2D eigenvalue weighted by atomic mass is 9.96. The van der Waals surface area contributed by atoms with Crippen molar-refractivity contribution in [3.8, 4) is 5.75 Å². The summed E-state index contributed by atoms with van der Waals surface area (Å²) in [6, 6.07) is 9.50. The van der Waals surface area contributed by atoms with Gasteiger partial charge in [0.2, 0.25) is 5.78 Å². The average Bonchev–Trinajstić information content (AvgIpc) is 3.03. The molecule has 1 aliphatic heterocycles. The maximum atomic E-state index is 13.3. The molecular formula is C24H29N3O4. The molecule has 1 fully saturated rings. The minimum atomic E-state index is -0.733. The highest BCUT2D eigenvalue weighted by molar-refractivity contribution is 6.46. The summed E-state index contributed by atoms with van der Waals surface area (Å²) in [5.74, 6) is -1.13. The average molecular weight is 424 g/mol. The molecule has 1 atom stereocenters. The molecule has 1 aromatic carbocycles. The topological polar surface area (TPSA) is 87.0 Å². The summed E-state index contributed by atoms with van der Waals surface area (Å²) in [7, 11) is 3.95. The molecule has 1 amide bonds. The summed E-state index contributed by atoms with van der Waals surface area (Å²) >= 11 is 0. The van der Waals surface area contributed by atoms with Crippen molar-refractivity contribution in [2.24, 2.45) is 0 Å². The van der Waals surface area contributed by atoms with E-state index >= 15 is 0 Å². The predicted molar refractivity (Wildman–Crippen MR) is 115 cm³/mol. The molecule has 1 unspecified atom stereocenters. The Morgan fingerprint density at radius 3 is 2.42 bits per heavy atom. The number of nitrogens with one attached hydrogen (secondary N) is 1. The second-order valence-corrected chi connectivity index (χ2v) is 7.94. The van der Waals surface area contributed by atoms with Crippen LogP contribution in [-0.2, 0) is 9.59 Å². The smallest absolute Gasteiger partial charge is 0.295 e. The predicted octanol–water partition coefficient (Wildman–Crippen LogP) is 0.629. The molecule has 0 spiro atoms. The van der Waals surface area contributed by atoms with Crippen LogP contribution in [0.2, 0.25) is 0 Å². The second kappa shape index (κ2) is 10.2. The fraction of sp³-hybridized carbons (Fsp3) is 0.375. The van der Waals surface area contributed by atoms with Gasteiger partial charge in [0.25, 0.3) is 5.91 Å². The van der Waals surface area contributed by atoms with Gasteiger partial charge in [0, 0.05) is 18.0 Å². The first-order chi connectivity index (χ1) is 14.9. The Labute approximate surface area is 183 Å². The first kappa shape index (κ1) is 22.5. The molecule has 1 saturated heterocycles. The Kier molecular flexibility index (Phi) is 7.41. The number of likely N-dealkylation sites (N-methyl/N-ethyl adjacent to an activating group) is 1. The molecule has 0 bridgehead atoms. The first-order valence-electron chi connectivity index (χ1n) is 10.6. The van der Waals surface area contributed by atoms with E-state index in [1.165, 1.54) is 4.90 Å². The van der Waals surface area contributed by atoms with Crippen LogP contribution in [0.3, 0.4) is 0 Å². The molecule has 31 heavy (non-hydrogen) atoms. The van der Waals surface area contributed by atoms with Crippen molar-refractivity contribution in [3.63, 3.8) is 0 Å². The third-order valence-corrected chi connectivity index (χ3v) is 5.29. The Hall–Kier alpha value is -3.19. The van der Waals surface area contributed by atoms with Gasteiger partial charge in [0.15, 0.2) is 0 Å². The number of nitrogens with zero attached hydrogens (tertiary/aromatic N) is 2. The number of ketones is 1. The van der Waals surface area contributed by atoms with Crippen LogP contribution in [0.4, 0.5) is 0 Å². The minimum absolute atomic E-state index is 0.00962.